The molecule has 0 saturated carbocycles. The minimum Gasteiger partial charge on any atom is -0.452 e. The first-order chi connectivity index (χ1) is 14.4. The van der Waals surface area contributed by atoms with Gasteiger partial charge in [0, 0.05) is 11.1 Å². The molecule has 3 aromatic rings. The van der Waals surface area contributed by atoms with Crippen LogP contribution in [0, 0.1) is 13.8 Å². The van der Waals surface area contributed by atoms with E-state index in [4.69, 9.17) is 9.72 Å². The molecule has 0 fully saturated rings. The molecule has 154 valence electrons. The Bertz CT molecular complexity index is 1140. The Morgan fingerprint density at radius 2 is 1.90 bits per heavy atom. The number of nitrogens with zero attached hydrogens (tertiary/aromatic N) is 1. The van der Waals surface area contributed by atoms with Crippen molar-refractivity contribution in [3.05, 3.63) is 76.0 Å². The molecule has 30 heavy (non-hydrogen) atoms. The molecule has 1 aliphatic carbocycles. The molecule has 2 aromatic carbocycles. The van der Waals surface area contributed by atoms with Crippen molar-refractivity contribution < 1.29 is 14.3 Å². The molecule has 1 heterocycles. The molecule has 0 spiro atoms. The summed E-state index contributed by atoms with van der Waals surface area (Å²) in [6.45, 7) is 5.72. The Hall–Kier alpha value is -3.21. The number of ether oxygens (including phenoxy) is 1. The van der Waals surface area contributed by atoms with Gasteiger partial charge in [0.1, 0.15) is 0 Å². The van der Waals surface area contributed by atoms with E-state index in [0.29, 0.717) is 5.56 Å². The summed E-state index contributed by atoms with van der Waals surface area (Å²) in [6, 6.07) is 13.5. The number of benzene rings is 2. The number of fused-ring (bicyclic) bond motifs is 2. The number of aromatic nitrogens is 1. The molecular formula is C25H26N2O3. The molecule has 1 aliphatic rings. The molecule has 4 rings (SSSR count). The van der Waals surface area contributed by atoms with Gasteiger partial charge in [-0.3, -0.25) is 9.78 Å². The highest BCUT2D eigenvalue weighted by atomic mass is 16.5. The molecule has 1 atom stereocenters. The van der Waals surface area contributed by atoms with Crippen molar-refractivity contribution in [2.45, 2.75) is 46.1 Å². The number of rotatable bonds is 5. The predicted molar refractivity (Wildman–Crippen MR) is 117 cm³/mol. The molecule has 0 saturated heterocycles. The molecule has 1 aromatic heterocycles. The maximum absolute atomic E-state index is 12.9. The first-order valence-corrected chi connectivity index (χ1v) is 10.4. The number of amides is 1. The summed E-state index contributed by atoms with van der Waals surface area (Å²) < 4.78 is 5.42. The van der Waals surface area contributed by atoms with Crippen LogP contribution in [0.2, 0.25) is 0 Å². The predicted octanol–water partition coefficient (Wildman–Crippen LogP) is 4.37. The number of carbonyl (C=O) groups excluding carboxylic acids is 2. The van der Waals surface area contributed by atoms with Gasteiger partial charge >= 0.3 is 5.97 Å². The van der Waals surface area contributed by atoms with Crippen molar-refractivity contribution in [3.8, 4) is 0 Å². The Balaban J connectivity index is 1.46. The summed E-state index contributed by atoms with van der Waals surface area (Å²) in [7, 11) is 0. The largest absolute Gasteiger partial charge is 0.452 e. The Morgan fingerprint density at radius 1 is 1.10 bits per heavy atom. The fourth-order valence-electron chi connectivity index (χ4n) is 4.05. The quantitative estimate of drug-likeness (QED) is 0.643. The number of esters is 1. The number of hydrogen-bond donors (Lipinski definition) is 1. The van der Waals surface area contributed by atoms with Gasteiger partial charge in [-0.2, -0.15) is 0 Å². The van der Waals surface area contributed by atoms with Crippen LogP contribution in [0.1, 0.15) is 57.7 Å². The third-order valence-corrected chi connectivity index (χ3v) is 5.87. The topological polar surface area (TPSA) is 68.3 Å². The molecule has 0 bridgehead atoms. The van der Waals surface area contributed by atoms with Gasteiger partial charge in [-0.05, 0) is 68.4 Å². The van der Waals surface area contributed by atoms with Crippen molar-refractivity contribution >= 4 is 22.8 Å². The second-order valence-corrected chi connectivity index (χ2v) is 7.99. The summed E-state index contributed by atoms with van der Waals surface area (Å²) in [5, 5.41) is 3.69. The van der Waals surface area contributed by atoms with E-state index in [1.54, 1.807) is 0 Å². The summed E-state index contributed by atoms with van der Waals surface area (Å²) in [4.78, 5) is 30.0. The van der Waals surface area contributed by atoms with Crippen molar-refractivity contribution in [1.82, 2.24) is 10.3 Å². The van der Waals surface area contributed by atoms with Crippen LogP contribution in [-0.2, 0) is 22.4 Å². The number of hydrogen-bond acceptors (Lipinski definition) is 4. The van der Waals surface area contributed by atoms with E-state index < -0.39 is 5.97 Å². The van der Waals surface area contributed by atoms with Gasteiger partial charge in [0.15, 0.2) is 6.61 Å². The summed E-state index contributed by atoms with van der Waals surface area (Å²) >= 11 is 0. The summed E-state index contributed by atoms with van der Waals surface area (Å²) in [5.74, 6) is -0.773. The normalized spacial score (nSPS) is 13.7. The number of nitrogens with one attached hydrogen (secondary N) is 1. The molecule has 5 heteroatoms. The molecule has 5 nitrogen and oxygen atoms in total. The van der Waals surface area contributed by atoms with Crippen LogP contribution >= 0.6 is 0 Å². The Labute approximate surface area is 176 Å². The van der Waals surface area contributed by atoms with Gasteiger partial charge in [0.05, 0.1) is 17.1 Å². The maximum Gasteiger partial charge on any atom is 0.339 e. The highest BCUT2D eigenvalue weighted by Crippen LogP contribution is 2.30. The van der Waals surface area contributed by atoms with Crippen LogP contribution in [0.3, 0.4) is 0 Å². The monoisotopic (exact) mass is 402 g/mol. The first-order valence-electron chi connectivity index (χ1n) is 10.4. The Kier molecular flexibility index (Phi) is 5.53. The number of para-hydroxylation sites is 1. The van der Waals surface area contributed by atoms with E-state index in [-0.39, 0.29) is 18.6 Å². The SMILES string of the molecule is Cc1ccc([C@H](C)NC(=O)COC(=O)c2c3c(nc4ccccc24)CCC3)cc1C. The highest BCUT2D eigenvalue weighted by molar-refractivity contribution is 6.05. The third-order valence-electron chi connectivity index (χ3n) is 5.87. The first kappa shape index (κ1) is 20.1. The second kappa shape index (κ2) is 8.27. The zero-order valence-corrected chi connectivity index (χ0v) is 17.6. The number of pyridine rings is 1. The van der Waals surface area contributed by atoms with Crippen LogP contribution < -0.4 is 5.32 Å². The summed E-state index contributed by atoms with van der Waals surface area (Å²) in [5.41, 5.74) is 6.69. The van der Waals surface area contributed by atoms with Crippen molar-refractivity contribution in [2.24, 2.45) is 0 Å². The van der Waals surface area contributed by atoms with Crippen LogP contribution in [0.25, 0.3) is 10.9 Å². The van der Waals surface area contributed by atoms with Gasteiger partial charge in [-0.25, -0.2) is 4.79 Å². The maximum atomic E-state index is 12.9. The van der Waals surface area contributed by atoms with Crippen molar-refractivity contribution in [1.29, 1.82) is 0 Å². The third kappa shape index (κ3) is 3.92. The van der Waals surface area contributed by atoms with Gasteiger partial charge in [-0.1, -0.05) is 36.4 Å². The van der Waals surface area contributed by atoms with Gasteiger partial charge < -0.3 is 10.1 Å². The Morgan fingerprint density at radius 3 is 2.70 bits per heavy atom. The van der Waals surface area contributed by atoms with E-state index in [0.717, 1.165) is 47.0 Å². The molecule has 0 unspecified atom stereocenters. The average Bonchev–Trinajstić information content (AvgIpc) is 3.20. The van der Waals surface area contributed by atoms with Crippen LogP contribution in [0.4, 0.5) is 0 Å². The second-order valence-electron chi connectivity index (χ2n) is 7.99. The lowest BCUT2D eigenvalue weighted by atomic mass is 10.0. The molecule has 0 aliphatic heterocycles. The molecule has 1 N–H and O–H groups in total. The minimum absolute atomic E-state index is 0.165. The van der Waals surface area contributed by atoms with E-state index >= 15 is 0 Å². The van der Waals surface area contributed by atoms with Gasteiger partial charge in [0.25, 0.3) is 5.91 Å². The van der Waals surface area contributed by atoms with Gasteiger partial charge in [-0.15, -0.1) is 0 Å². The lowest BCUT2D eigenvalue weighted by Crippen LogP contribution is -2.31. The lowest BCUT2D eigenvalue weighted by Gasteiger charge is -2.16. The fraction of sp³-hybridized carbons (Fsp3) is 0.320. The standard InChI is InChI=1S/C25H26N2O3/c1-15-11-12-18(13-16(15)2)17(3)26-23(28)14-30-25(29)24-19-7-4-5-9-21(19)27-22-10-6-8-20(22)24/h4-5,7,9,11-13,17H,6,8,10,14H2,1-3H3,(H,26,28)/t17-/m0/s1. The van der Waals surface area contributed by atoms with Crippen LogP contribution in [0.5, 0.6) is 0 Å². The van der Waals surface area contributed by atoms with E-state index in [9.17, 15) is 9.59 Å². The fourth-order valence-corrected chi connectivity index (χ4v) is 4.05. The zero-order valence-electron chi connectivity index (χ0n) is 17.6. The van der Waals surface area contributed by atoms with Crippen LogP contribution in [-0.4, -0.2) is 23.5 Å². The molecule has 0 radical (unpaired) electrons. The smallest absolute Gasteiger partial charge is 0.339 e. The van der Waals surface area contributed by atoms with Crippen molar-refractivity contribution in [2.75, 3.05) is 6.61 Å². The molecular weight excluding hydrogens is 376 g/mol. The van der Waals surface area contributed by atoms with E-state index in [1.807, 2.05) is 50.2 Å². The average molecular weight is 402 g/mol. The number of carbonyl (C=O) groups is 2. The minimum atomic E-state index is -0.458. The lowest BCUT2D eigenvalue weighted by molar-refractivity contribution is -0.124. The van der Waals surface area contributed by atoms with Gasteiger partial charge in [0.2, 0.25) is 0 Å². The zero-order chi connectivity index (χ0) is 21.3. The molecule has 1 amide bonds. The number of aryl methyl sites for hydroxylation is 3. The van der Waals surface area contributed by atoms with E-state index in [1.165, 1.54) is 11.1 Å². The highest BCUT2D eigenvalue weighted by Gasteiger charge is 2.25. The van der Waals surface area contributed by atoms with E-state index in [2.05, 4.69) is 18.3 Å². The summed E-state index contributed by atoms with van der Waals surface area (Å²) in [6.07, 6.45) is 2.66. The van der Waals surface area contributed by atoms with Crippen molar-refractivity contribution in [3.63, 3.8) is 0 Å². The van der Waals surface area contributed by atoms with Crippen LogP contribution in [0.15, 0.2) is 42.5 Å².